The Hall–Kier alpha value is -1.82. The molecular formula is C11H10N3+. The highest BCUT2D eigenvalue weighted by molar-refractivity contribution is 5.72. The number of rotatable bonds is 1. The van der Waals surface area contributed by atoms with Crippen molar-refractivity contribution in [3.05, 3.63) is 30.1 Å². The molecule has 0 atom stereocenters. The van der Waals surface area contributed by atoms with Gasteiger partial charge in [0.1, 0.15) is 6.04 Å². The van der Waals surface area contributed by atoms with Crippen LogP contribution in [-0.2, 0) is 0 Å². The van der Waals surface area contributed by atoms with E-state index in [-0.39, 0.29) is 0 Å². The van der Waals surface area contributed by atoms with Crippen LogP contribution in [0.5, 0.6) is 0 Å². The third-order valence-electron chi connectivity index (χ3n) is 2.70. The molecule has 1 aliphatic carbocycles. The van der Waals surface area contributed by atoms with E-state index in [9.17, 15) is 0 Å². The molecule has 0 radical (unpaired) electrons. The van der Waals surface area contributed by atoms with Gasteiger partial charge < -0.3 is 0 Å². The van der Waals surface area contributed by atoms with Crippen LogP contribution in [-0.4, -0.2) is 4.98 Å². The van der Waals surface area contributed by atoms with Crippen LogP contribution in [0, 0.1) is 11.3 Å². The summed E-state index contributed by atoms with van der Waals surface area (Å²) in [6.45, 7) is 0. The molecule has 0 bridgehead atoms. The maximum atomic E-state index is 8.75. The molecule has 1 heterocycles. The minimum absolute atomic E-state index is 0.677. The van der Waals surface area contributed by atoms with Gasteiger partial charge in [0, 0.05) is 6.07 Å². The molecule has 1 aromatic carbocycles. The molecule has 1 saturated carbocycles. The standard InChI is InChI=1S/C11H9N3/c12-6-8-1-4-11-10(5-8)13-7-14(11)9-2-3-9/h1,4-5,7,9H,2-3H2/p+1. The van der Waals surface area contributed by atoms with Gasteiger partial charge in [-0.2, -0.15) is 5.26 Å². The molecule has 3 nitrogen and oxygen atoms in total. The van der Waals surface area contributed by atoms with Crippen LogP contribution in [0.25, 0.3) is 11.0 Å². The van der Waals surface area contributed by atoms with Crippen LogP contribution in [0.3, 0.4) is 0 Å². The average Bonchev–Trinajstić information content (AvgIpc) is 2.98. The van der Waals surface area contributed by atoms with Gasteiger partial charge in [0.2, 0.25) is 6.33 Å². The van der Waals surface area contributed by atoms with Crippen molar-refractivity contribution in [2.45, 2.75) is 18.9 Å². The van der Waals surface area contributed by atoms with Crippen LogP contribution in [0.15, 0.2) is 24.5 Å². The first kappa shape index (κ1) is 7.57. The predicted molar refractivity (Wildman–Crippen MR) is 51.5 cm³/mol. The normalized spacial score (nSPS) is 15.6. The molecule has 0 aliphatic heterocycles. The lowest BCUT2D eigenvalue weighted by Gasteiger charge is -1.92. The van der Waals surface area contributed by atoms with Gasteiger partial charge in [-0.05, 0) is 25.0 Å². The average molecular weight is 184 g/mol. The molecule has 1 aliphatic rings. The highest BCUT2D eigenvalue weighted by Crippen LogP contribution is 2.30. The predicted octanol–water partition coefficient (Wildman–Crippen LogP) is 1.66. The number of aromatic nitrogens is 2. The number of aromatic amines is 1. The van der Waals surface area contributed by atoms with E-state index in [4.69, 9.17) is 5.26 Å². The van der Waals surface area contributed by atoms with Crippen molar-refractivity contribution < 1.29 is 4.57 Å². The van der Waals surface area contributed by atoms with Crippen molar-refractivity contribution in [2.75, 3.05) is 0 Å². The van der Waals surface area contributed by atoms with Crippen molar-refractivity contribution in [1.82, 2.24) is 4.98 Å². The highest BCUT2D eigenvalue weighted by atomic mass is 15.1. The Morgan fingerprint density at radius 3 is 3.00 bits per heavy atom. The van der Waals surface area contributed by atoms with E-state index in [1.807, 2.05) is 24.5 Å². The fourth-order valence-corrected chi connectivity index (χ4v) is 1.81. The summed E-state index contributed by atoms with van der Waals surface area (Å²) >= 11 is 0. The third-order valence-corrected chi connectivity index (χ3v) is 2.70. The van der Waals surface area contributed by atoms with E-state index in [1.165, 1.54) is 18.4 Å². The molecule has 14 heavy (non-hydrogen) atoms. The summed E-state index contributed by atoms with van der Waals surface area (Å²) in [5.74, 6) is 0. The molecule has 1 fully saturated rings. The second-order valence-electron chi connectivity index (χ2n) is 3.76. The van der Waals surface area contributed by atoms with Crippen LogP contribution >= 0.6 is 0 Å². The lowest BCUT2D eigenvalue weighted by Crippen LogP contribution is -2.29. The lowest BCUT2D eigenvalue weighted by atomic mass is 10.2. The molecular weight excluding hydrogens is 174 g/mol. The lowest BCUT2D eigenvalue weighted by molar-refractivity contribution is -0.674. The number of nitrogens with one attached hydrogen (secondary N) is 1. The Morgan fingerprint density at radius 2 is 2.29 bits per heavy atom. The number of imidazole rings is 1. The van der Waals surface area contributed by atoms with Crippen LogP contribution in [0.2, 0.25) is 0 Å². The first-order chi connectivity index (χ1) is 6.88. The molecule has 1 aromatic heterocycles. The first-order valence-electron chi connectivity index (χ1n) is 4.81. The van der Waals surface area contributed by atoms with Crippen molar-refractivity contribution in [3.63, 3.8) is 0 Å². The molecule has 0 unspecified atom stereocenters. The van der Waals surface area contributed by atoms with Gasteiger partial charge in [0.05, 0.1) is 11.6 Å². The number of benzene rings is 1. The summed E-state index contributed by atoms with van der Waals surface area (Å²) in [4.78, 5) is 3.20. The van der Waals surface area contributed by atoms with Gasteiger partial charge in [-0.3, -0.25) is 0 Å². The highest BCUT2D eigenvalue weighted by Gasteiger charge is 2.30. The monoisotopic (exact) mass is 184 g/mol. The van der Waals surface area contributed by atoms with Crippen LogP contribution < -0.4 is 4.57 Å². The van der Waals surface area contributed by atoms with Crippen molar-refractivity contribution in [1.29, 1.82) is 5.26 Å². The SMILES string of the molecule is N#Cc1ccc2c(c1)[nH]c[n+]2C1CC1. The summed E-state index contributed by atoms with van der Waals surface area (Å²) < 4.78 is 2.26. The summed E-state index contributed by atoms with van der Waals surface area (Å²) in [7, 11) is 0. The second kappa shape index (κ2) is 2.58. The Labute approximate surface area is 81.6 Å². The number of hydrogen-bond donors (Lipinski definition) is 1. The van der Waals surface area contributed by atoms with Gasteiger partial charge in [-0.1, -0.05) is 0 Å². The quantitative estimate of drug-likeness (QED) is 0.673. The fraction of sp³-hybridized carbons (Fsp3) is 0.273. The van der Waals surface area contributed by atoms with E-state index in [1.54, 1.807) is 0 Å². The Balaban J connectivity index is 2.23. The van der Waals surface area contributed by atoms with E-state index >= 15 is 0 Å². The minimum Gasteiger partial charge on any atom is -0.243 e. The van der Waals surface area contributed by atoms with Crippen molar-refractivity contribution >= 4 is 11.0 Å². The molecule has 2 aromatic rings. The minimum atomic E-state index is 0.677. The second-order valence-corrected chi connectivity index (χ2v) is 3.76. The Kier molecular flexibility index (Phi) is 1.40. The molecule has 0 saturated heterocycles. The molecule has 3 rings (SSSR count). The van der Waals surface area contributed by atoms with E-state index in [2.05, 4.69) is 15.6 Å². The topological polar surface area (TPSA) is 43.5 Å². The largest absolute Gasteiger partial charge is 0.243 e. The number of hydrogen-bond acceptors (Lipinski definition) is 1. The zero-order valence-electron chi connectivity index (χ0n) is 7.70. The third kappa shape index (κ3) is 1.01. The summed E-state index contributed by atoms with van der Waals surface area (Å²) in [5.41, 5.74) is 2.96. The fourth-order valence-electron chi connectivity index (χ4n) is 1.81. The molecule has 1 N–H and O–H groups in total. The van der Waals surface area contributed by atoms with E-state index in [0.717, 1.165) is 5.52 Å². The number of fused-ring (bicyclic) bond motifs is 1. The van der Waals surface area contributed by atoms with Crippen molar-refractivity contribution in [2.24, 2.45) is 0 Å². The maximum Gasteiger partial charge on any atom is 0.242 e. The van der Waals surface area contributed by atoms with E-state index < -0.39 is 0 Å². The first-order valence-corrected chi connectivity index (χ1v) is 4.81. The van der Waals surface area contributed by atoms with Gasteiger partial charge >= 0.3 is 0 Å². The maximum absolute atomic E-state index is 8.75. The van der Waals surface area contributed by atoms with Gasteiger partial charge in [-0.25, -0.2) is 9.55 Å². The smallest absolute Gasteiger partial charge is 0.242 e. The van der Waals surface area contributed by atoms with Gasteiger partial charge in [0.15, 0.2) is 11.0 Å². The van der Waals surface area contributed by atoms with Gasteiger partial charge in [0.25, 0.3) is 0 Å². The van der Waals surface area contributed by atoms with Crippen molar-refractivity contribution in [3.8, 4) is 6.07 Å². The summed E-state index contributed by atoms with van der Waals surface area (Å²) in [6, 6.07) is 8.61. The Bertz CT molecular complexity index is 529. The zero-order chi connectivity index (χ0) is 9.54. The summed E-state index contributed by atoms with van der Waals surface area (Å²) in [6.07, 6.45) is 4.55. The number of nitriles is 1. The molecule has 68 valence electrons. The number of nitrogens with zero attached hydrogens (tertiary/aromatic N) is 2. The zero-order valence-corrected chi connectivity index (χ0v) is 7.70. The van der Waals surface area contributed by atoms with Crippen LogP contribution in [0.4, 0.5) is 0 Å². The molecule has 3 heteroatoms. The molecule has 0 spiro atoms. The number of H-pyrrole nitrogens is 1. The Morgan fingerprint density at radius 1 is 1.43 bits per heavy atom. The molecule has 0 amide bonds. The van der Waals surface area contributed by atoms with E-state index in [0.29, 0.717) is 11.6 Å². The summed E-state index contributed by atoms with van der Waals surface area (Å²) in [5, 5.41) is 8.75. The van der Waals surface area contributed by atoms with Gasteiger partial charge in [-0.15, -0.1) is 0 Å². The van der Waals surface area contributed by atoms with Crippen LogP contribution in [0.1, 0.15) is 24.4 Å².